The Morgan fingerprint density at radius 2 is 1.90 bits per heavy atom. The van der Waals surface area contributed by atoms with E-state index < -0.39 is 17.9 Å². The van der Waals surface area contributed by atoms with Crippen LogP contribution in [0.5, 0.6) is 0 Å². The number of rotatable bonds is 4. The highest BCUT2D eigenvalue weighted by atomic mass is 16.5. The summed E-state index contributed by atoms with van der Waals surface area (Å²) in [6, 6.07) is 6.13. The summed E-state index contributed by atoms with van der Waals surface area (Å²) in [6.07, 6.45) is 0. The normalized spacial score (nSPS) is 12.7. The number of nitrogens with one attached hydrogen (secondary N) is 1. The van der Waals surface area contributed by atoms with Crippen molar-refractivity contribution in [2.75, 3.05) is 11.9 Å². The summed E-state index contributed by atoms with van der Waals surface area (Å²) in [7, 11) is 0. The summed E-state index contributed by atoms with van der Waals surface area (Å²) < 4.78 is 4.74. The Balaban J connectivity index is 2.89. The second-order valence-electron chi connectivity index (χ2n) is 5.51. The molecule has 1 atom stereocenters. The van der Waals surface area contributed by atoms with Gasteiger partial charge in [-0.1, -0.05) is 39.0 Å². The monoisotopic (exact) mass is 278 g/mol. The van der Waals surface area contributed by atoms with Gasteiger partial charge >= 0.3 is 5.97 Å². The van der Waals surface area contributed by atoms with E-state index in [4.69, 9.17) is 10.5 Å². The number of amides is 1. The molecule has 3 N–H and O–H groups in total. The second-order valence-corrected chi connectivity index (χ2v) is 5.51. The van der Waals surface area contributed by atoms with Crippen molar-refractivity contribution in [3.05, 3.63) is 29.8 Å². The van der Waals surface area contributed by atoms with Crippen molar-refractivity contribution in [3.63, 3.8) is 0 Å². The van der Waals surface area contributed by atoms with Gasteiger partial charge in [0.2, 0.25) is 0 Å². The van der Waals surface area contributed by atoms with E-state index in [-0.39, 0.29) is 12.0 Å². The first-order valence-electron chi connectivity index (χ1n) is 6.60. The Labute approximate surface area is 119 Å². The second kappa shape index (κ2) is 6.52. The summed E-state index contributed by atoms with van der Waals surface area (Å²) in [6.45, 7) is 7.99. The molecular formula is C15H22N2O3. The Morgan fingerprint density at radius 1 is 1.30 bits per heavy atom. The number of ether oxygens (including phenoxy) is 1. The third-order valence-corrected chi connectivity index (χ3v) is 2.82. The van der Waals surface area contributed by atoms with Crippen LogP contribution in [0.25, 0.3) is 0 Å². The number of carbonyl (C=O) groups is 2. The lowest BCUT2D eigenvalue weighted by Gasteiger charge is -2.23. The number of benzene rings is 1. The third kappa shape index (κ3) is 4.06. The van der Waals surface area contributed by atoms with Crippen molar-refractivity contribution in [2.45, 2.75) is 39.2 Å². The average Bonchev–Trinajstić information content (AvgIpc) is 2.37. The van der Waals surface area contributed by atoms with Crippen molar-refractivity contribution in [1.82, 2.24) is 0 Å². The van der Waals surface area contributed by atoms with Gasteiger partial charge in [-0.3, -0.25) is 4.79 Å². The first-order chi connectivity index (χ1) is 9.27. The summed E-state index contributed by atoms with van der Waals surface area (Å²) in [4.78, 5) is 23.4. The molecule has 0 radical (unpaired) electrons. The molecule has 0 bridgehead atoms. The predicted molar refractivity (Wildman–Crippen MR) is 78.4 cm³/mol. The van der Waals surface area contributed by atoms with Crippen LogP contribution in [0, 0.1) is 0 Å². The van der Waals surface area contributed by atoms with Crippen molar-refractivity contribution in [1.29, 1.82) is 0 Å². The van der Waals surface area contributed by atoms with Gasteiger partial charge in [-0.25, -0.2) is 4.79 Å². The van der Waals surface area contributed by atoms with E-state index in [0.29, 0.717) is 5.69 Å². The molecule has 20 heavy (non-hydrogen) atoms. The molecule has 0 spiro atoms. The standard InChI is InChI=1S/C15H22N2O3/c1-5-20-14(19)12(16)13(18)17-11-9-7-6-8-10(11)15(2,3)4/h6-9,12H,5,16H2,1-4H3,(H,17,18). The van der Waals surface area contributed by atoms with Crippen LogP contribution >= 0.6 is 0 Å². The largest absolute Gasteiger partial charge is 0.464 e. The number of esters is 1. The Kier molecular flexibility index (Phi) is 5.27. The summed E-state index contributed by atoms with van der Waals surface area (Å²) in [5.74, 6) is -1.29. The summed E-state index contributed by atoms with van der Waals surface area (Å²) >= 11 is 0. The van der Waals surface area contributed by atoms with Crippen molar-refractivity contribution in [2.24, 2.45) is 5.73 Å². The highest BCUT2D eigenvalue weighted by molar-refractivity contribution is 6.08. The minimum absolute atomic E-state index is 0.127. The molecule has 5 heteroatoms. The summed E-state index contributed by atoms with van der Waals surface area (Å²) in [5.41, 5.74) is 7.07. The minimum Gasteiger partial charge on any atom is -0.464 e. The Bertz CT molecular complexity index is 492. The van der Waals surface area contributed by atoms with Gasteiger partial charge in [-0.15, -0.1) is 0 Å². The van der Waals surface area contributed by atoms with E-state index in [1.165, 1.54) is 0 Å². The summed E-state index contributed by atoms with van der Waals surface area (Å²) in [5, 5.41) is 2.69. The van der Waals surface area contributed by atoms with E-state index in [1.54, 1.807) is 13.0 Å². The molecule has 5 nitrogen and oxygen atoms in total. The minimum atomic E-state index is -1.32. The van der Waals surface area contributed by atoms with Gasteiger partial charge in [0.15, 0.2) is 6.04 Å². The molecule has 1 aromatic carbocycles. The maximum absolute atomic E-state index is 12.0. The van der Waals surface area contributed by atoms with E-state index in [9.17, 15) is 9.59 Å². The topological polar surface area (TPSA) is 81.4 Å². The zero-order valence-corrected chi connectivity index (χ0v) is 12.4. The van der Waals surface area contributed by atoms with Gasteiger partial charge in [-0.2, -0.15) is 0 Å². The van der Waals surface area contributed by atoms with Crippen LogP contribution in [0.2, 0.25) is 0 Å². The molecule has 0 aliphatic rings. The fourth-order valence-electron chi connectivity index (χ4n) is 1.80. The first-order valence-corrected chi connectivity index (χ1v) is 6.60. The number of anilines is 1. The van der Waals surface area contributed by atoms with Gasteiger partial charge in [0.1, 0.15) is 0 Å². The fraction of sp³-hybridized carbons (Fsp3) is 0.467. The van der Waals surface area contributed by atoms with E-state index >= 15 is 0 Å². The molecule has 0 aliphatic heterocycles. The van der Waals surface area contributed by atoms with Crippen LogP contribution in [0.3, 0.4) is 0 Å². The maximum Gasteiger partial charge on any atom is 0.332 e. The smallest absolute Gasteiger partial charge is 0.332 e. The molecule has 0 aromatic heterocycles. The molecule has 110 valence electrons. The predicted octanol–water partition coefficient (Wildman–Crippen LogP) is 1.81. The van der Waals surface area contributed by atoms with E-state index in [1.807, 2.05) is 39.0 Å². The van der Waals surface area contributed by atoms with Gasteiger partial charge in [0, 0.05) is 5.69 Å². The number of hydrogen-bond donors (Lipinski definition) is 2. The van der Waals surface area contributed by atoms with Gasteiger partial charge in [0.25, 0.3) is 5.91 Å². The zero-order valence-electron chi connectivity index (χ0n) is 12.4. The van der Waals surface area contributed by atoms with E-state index in [2.05, 4.69) is 5.32 Å². The molecular weight excluding hydrogens is 256 g/mol. The molecule has 0 saturated heterocycles. The maximum atomic E-state index is 12.0. The number of para-hydroxylation sites is 1. The van der Waals surface area contributed by atoms with Gasteiger partial charge < -0.3 is 15.8 Å². The molecule has 0 fully saturated rings. The van der Waals surface area contributed by atoms with Crippen molar-refractivity contribution < 1.29 is 14.3 Å². The quantitative estimate of drug-likeness (QED) is 0.650. The number of nitrogens with two attached hydrogens (primary N) is 1. The lowest BCUT2D eigenvalue weighted by atomic mass is 9.86. The fourth-order valence-corrected chi connectivity index (χ4v) is 1.80. The average molecular weight is 278 g/mol. The molecule has 0 aliphatic carbocycles. The molecule has 1 aromatic rings. The Morgan fingerprint density at radius 3 is 2.45 bits per heavy atom. The van der Waals surface area contributed by atoms with Crippen LogP contribution in [0.4, 0.5) is 5.69 Å². The van der Waals surface area contributed by atoms with Crippen LogP contribution in [0.15, 0.2) is 24.3 Å². The van der Waals surface area contributed by atoms with Crippen LogP contribution in [-0.2, 0) is 19.7 Å². The molecule has 0 saturated carbocycles. The lowest BCUT2D eigenvalue weighted by molar-refractivity contribution is -0.146. The molecule has 0 heterocycles. The number of hydrogen-bond acceptors (Lipinski definition) is 4. The zero-order chi connectivity index (χ0) is 15.3. The van der Waals surface area contributed by atoms with Crippen molar-refractivity contribution in [3.8, 4) is 0 Å². The highest BCUT2D eigenvalue weighted by Gasteiger charge is 2.25. The Hall–Kier alpha value is -1.88. The third-order valence-electron chi connectivity index (χ3n) is 2.82. The van der Waals surface area contributed by atoms with Gasteiger partial charge in [-0.05, 0) is 24.0 Å². The molecule has 1 unspecified atom stereocenters. The van der Waals surface area contributed by atoms with Crippen LogP contribution in [-0.4, -0.2) is 24.5 Å². The van der Waals surface area contributed by atoms with E-state index in [0.717, 1.165) is 5.56 Å². The van der Waals surface area contributed by atoms with Gasteiger partial charge in [0.05, 0.1) is 6.61 Å². The van der Waals surface area contributed by atoms with Crippen molar-refractivity contribution >= 4 is 17.6 Å². The number of carbonyl (C=O) groups excluding carboxylic acids is 2. The van der Waals surface area contributed by atoms with Crippen LogP contribution < -0.4 is 11.1 Å². The highest BCUT2D eigenvalue weighted by Crippen LogP contribution is 2.29. The van der Waals surface area contributed by atoms with Crippen LogP contribution in [0.1, 0.15) is 33.3 Å². The first kappa shape index (κ1) is 16.2. The SMILES string of the molecule is CCOC(=O)C(N)C(=O)Nc1ccccc1C(C)(C)C. The lowest BCUT2D eigenvalue weighted by Crippen LogP contribution is -2.43. The molecule has 1 amide bonds. The molecule has 1 rings (SSSR count).